The molecule has 0 saturated heterocycles. The third kappa shape index (κ3) is 1.85. The fourth-order valence-electron chi connectivity index (χ4n) is 3.90. The maximum absolute atomic E-state index is 10.4. The molecule has 0 saturated carbocycles. The van der Waals surface area contributed by atoms with E-state index in [1.807, 2.05) is 12.1 Å². The summed E-state index contributed by atoms with van der Waals surface area (Å²) in [4.78, 5) is 1.36. The van der Waals surface area contributed by atoms with Crippen LogP contribution in [0.5, 0.6) is 23.0 Å². The lowest BCUT2D eigenvalue weighted by Gasteiger charge is -2.32. The van der Waals surface area contributed by atoms with Crippen LogP contribution in [0.4, 0.5) is 0 Å². The highest BCUT2D eigenvalue weighted by atomic mass is 16.7. The Balaban J connectivity index is 1.66. The molecule has 24 heavy (non-hydrogen) atoms. The lowest BCUT2D eigenvalue weighted by molar-refractivity contribution is -0.841. The Morgan fingerprint density at radius 2 is 2.00 bits per heavy atom. The molecule has 1 atom stereocenters. The highest BCUT2D eigenvalue weighted by Crippen LogP contribution is 2.40. The van der Waals surface area contributed by atoms with E-state index in [-0.39, 0.29) is 5.75 Å². The number of aromatic hydroxyl groups is 1. The molecule has 0 aliphatic carbocycles. The number of benzene rings is 2. The van der Waals surface area contributed by atoms with Gasteiger partial charge >= 0.3 is 0 Å². The third-order valence-electron chi connectivity index (χ3n) is 5.16. The van der Waals surface area contributed by atoms with Gasteiger partial charge in [0.05, 0.1) is 19.2 Å². The number of phenolic OH excluding ortho intramolecular Hbond substituents is 1. The van der Waals surface area contributed by atoms with Crippen molar-refractivity contribution in [3.8, 4) is 23.0 Å². The minimum atomic E-state index is 0.259. The van der Waals surface area contributed by atoms with Gasteiger partial charge in [0.1, 0.15) is 12.2 Å². The SMILES string of the molecule is COc1ccc2c(c1O)C[NH+]1CCc3cc4c(cc3C1=C2)OCO4. The first-order valence-corrected chi connectivity index (χ1v) is 8.13. The molecule has 3 aliphatic rings. The summed E-state index contributed by atoms with van der Waals surface area (Å²) in [6.45, 7) is 2.05. The molecule has 5 heteroatoms. The van der Waals surface area contributed by atoms with Crippen LogP contribution in [0, 0.1) is 0 Å². The Hall–Kier alpha value is -2.66. The van der Waals surface area contributed by atoms with E-state index >= 15 is 0 Å². The van der Waals surface area contributed by atoms with E-state index in [9.17, 15) is 5.11 Å². The Kier molecular flexibility index (Phi) is 2.82. The molecule has 5 nitrogen and oxygen atoms in total. The second kappa shape index (κ2) is 4.92. The van der Waals surface area contributed by atoms with Gasteiger partial charge in [0, 0.05) is 18.1 Å². The van der Waals surface area contributed by atoms with E-state index in [4.69, 9.17) is 14.2 Å². The lowest BCUT2D eigenvalue weighted by atomic mass is 9.90. The van der Waals surface area contributed by atoms with E-state index < -0.39 is 0 Å². The number of hydrogen-bond donors (Lipinski definition) is 2. The second-order valence-electron chi connectivity index (χ2n) is 6.39. The molecule has 0 fully saturated rings. The summed E-state index contributed by atoms with van der Waals surface area (Å²) >= 11 is 0. The van der Waals surface area contributed by atoms with Crippen LogP contribution in [0.3, 0.4) is 0 Å². The summed E-state index contributed by atoms with van der Waals surface area (Å²) in [7, 11) is 1.58. The average molecular weight is 324 g/mol. The maximum atomic E-state index is 10.4. The predicted octanol–water partition coefficient (Wildman–Crippen LogP) is 1.58. The molecule has 1 unspecified atom stereocenters. The van der Waals surface area contributed by atoms with Crippen molar-refractivity contribution in [3.05, 3.63) is 46.5 Å². The highest BCUT2D eigenvalue weighted by molar-refractivity contribution is 5.82. The van der Waals surface area contributed by atoms with Crippen molar-refractivity contribution in [1.82, 2.24) is 0 Å². The van der Waals surface area contributed by atoms with Gasteiger partial charge < -0.3 is 19.3 Å². The van der Waals surface area contributed by atoms with Gasteiger partial charge in [-0.1, -0.05) is 6.07 Å². The van der Waals surface area contributed by atoms with Gasteiger partial charge in [0.15, 0.2) is 23.0 Å². The molecule has 122 valence electrons. The van der Waals surface area contributed by atoms with Gasteiger partial charge in [-0.15, -0.1) is 0 Å². The number of quaternary nitrogens is 1. The minimum Gasteiger partial charge on any atom is -0.504 e. The Labute approximate surface area is 139 Å². The zero-order valence-corrected chi connectivity index (χ0v) is 13.4. The van der Waals surface area contributed by atoms with E-state index in [1.54, 1.807) is 7.11 Å². The molecule has 0 aromatic heterocycles. The fraction of sp³-hybridized carbons (Fsp3) is 0.263. The van der Waals surface area contributed by atoms with Crippen molar-refractivity contribution in [2.24, 2.45) is 0 Å². The Morgan fingerprint density at radius 1 is 1.17 bits per heavy atom. The van der Waals surface area contributed by atoms with Gasteiger partial charge in [-0.2, -0.15) is 0 Å². The van der Waals surface area contributed by atoms with Crippen molar-refractivity contribution >= 4 is 11.8 Å². The minimum absolute atomic E-state index is 0.259. The zero-order chi connectivity index (χ0) is 16.3. The second-order valence-corrected chi connectivity index (χ2v) is 6.39. The van der Waals surface area contributed by atoms with E-state index in [2.05, 4.69) is 18.2 Å². The molecule has 0 bridgehead atoms. The van der Waals surface area contributed by atoms with Gasteiger partial charge in [-0.25, -0.2) is 0 Å². The first-order valence-electron chi connectivity index (χ1n) is 8.13. The van der Waals surface area contributed by atoms with Crippen LogP contribution in [0.2, 0.25) is 0 Å². The average Bonchev–Trinajstić information content (AvgIpc) is 3.06. The van der Waals surface area contributed by atoms with Crippen LogP contribution in [-0.2, 0) is 13.0 Å². The van der Waals surface area contributed by atoms with Gasteiger partial charge in [0.2, 0.25) is 6.79 Å². The summed E-state index contributed by atoms with van der Waals surface area (Å²) in [6.07, 6.45) is 3.16. The molecule has 0 amide bonds. The molecule has 0 radical (unpaired) electrons. The maximum Gasteiger partial charge on any atom is 0.231 e. The number of methoxy groups -OCH3 is 1. The van der Waals surface area contributed by atoms with Crippen LogP contribution < -0.4 is 19.1 Å². The molecule has 2 aromatic carbocycles. The predicted molar refractivity (Wildman–Crippen MR) is 88.3 cm³/mol. The van der Waals surface area contributed by atoms with Crippen LogP contribution in [0.15, 0.2) is 24.3 Å². The number of phenols is 1. The molecule has 3 aliphatic heterocycles. The topological polar surface area (TPSA) is 52.4 Å². The van der Waals surface area contributed by atoms with Gasteiger partial charge in [-0.3, -0.25) is 4.90 Å². The van der Waals surface area contributed by atoms with Crippen molar-refractivity contribution in [2.75, 3.05) is 20.4 Å². The highest BCUT2D eigenvalue weighted by Gasteiger charge is 2.33. The van der Waals surface area contributed by atoms with Crippen LogP contribution in [0.1, 0.15) is 22.3 Å². The van der Waals surface area contributed by atoms with Crippen molar-refractivity contribution < 1.29 is 24.2 Å². The monoisotopic (exact) mass is 324 g/mol. The standard InChI is InChI=1S/C19H17NO4/c1-22-16-3-2-11-6-15-13-8-18-17(23-10-24-18)7-12(13)4-5-20(15)9-14(11)19(16)21/h2-3,6-8,21H,4-5,9-10H2,1H3/p+1. The normalized spacial score (nSPS) is 19.9. The summed E-state index contributed by atoms with van der Waals surface area (Å²) in [6, 6.07) is 8.03. The number of rotatable bonds is 1. The number of nitrogens with one attached hydrogen (secondary N) is 1. The first kappa shape index (κ1) is 13.7. The smallest absolute Gasteiger partial charge is 0.231 e. The first-order chi connectivity index (χ1) is 11.7. The number of hydrogen-bond acceptors (Lipinski definition) is 4. The zero-order valence-electron chi connectivity index (χ0n) is 13.4. The Bertz CT molecular complexity index is 887. The van der Waals surface area contributed by atoms with Crippen LogP contribution in [-0.4, -0.2) is 25.6 Å². The largest absolute Gasteiger partial charge is 0.504 e. The molecular formula is C19H18NO4+. The summed E-state index contributed by atoms with van der Waals surface area (Å²) in [5, 5.41) is 10.4. The van der Waals surface area contributed by atoms with Crippen LogP contribution >= 0.6 is 0 Å². The van der Waals surface area contributed by atoms with E-state index in [0.29, 0.717) is 12.5 Å². The molecule has 0 spiro atoms. The Morgan fingerprint density at radius 3 is 2.83 bits per heavy atom. The molecule has 5 rings (SSSR count). The number of fused-ring (bicyclic) bond motifs is 5. The van der Waals surface area contributed by atoms with Gasteiger partial charge in [0.25, 0.3) is 0 Å². The molecule has 2 aromatic rings. The number of ether oxygens (including phenoxy) is 3. The quantitative estimate of drug-likeness (QED) is 0.836. The van der Waals surface area contributed by atoms with E-state index in [0.717, 1.165) is 42.1 Å². The van der Waals surface area contributed by atoms with E-state index in [1.165, 1.54) is 21.7 Å². The molecular weight excluding hydrogens is 306 g/mol. The molecule has 3 heterocycles. The van der Waals surface area contributed by atoms with Crippen molar-refractivity contribution in [2.45, 2.75) is 13.0 Å². The summed E-state index contributed by atoms with van der Waals surface area (Å²) < 4.78 is 16.3. The molecule has 2 N–H and O–H groups in total. The lowest BCUT2D eigenvalue weighted by Crippen LogP contribution is -3.09. The third-order valence-corrected chi connectivity index (χ3v) is 5.16. The summed E-state index contributed by atoms with van der Waals surface area (Å²) in [5.41, 5.74) is 5.79. The van der Waals surface area contributed by atoms with Crippen molar-refractivity contribution in [1.29, 1.82) is 0 Å². The van der Waals surface area contributed by atoms with Gasteiger partial charge in [-0.05, 0) is 29.3 Å². The van der Waals surface area contributed by atoms with Crippen molar-refractivity contribution in [3.63, 3.8) is 0 Å². The summed E-state index contributed by atoms with van der Waals surface area (Å²) in [5.74, 6) is 2.45. The van der Waals surface area contributed by atoms with Crippen LogP contribution in [0.25, 0.3) is 11.8 Å². The fourth-order valence-corrected chi connectivity index (χ4v) is 3.90.